The maximum absolute atomic E-state index is 13.2. The van der Waals surface area contributed by atoms with E-state index >= 15 is 0 Å². The summed E-state index contributed by atoms with van der Waals surface area (Å²) in [5, 5.41) is 7.77. The molecule has 1 aromatic heterocycles. The molecule has 0 radical (unpaired) electrons. The first-order valence-corrected chi connectivity index (χ1v) is 11.8. The van der Waals surface area contributed by atoms with Crippen molar-refractivity contribution in [1.82, 2.24) is 20.0 Å². The molecular formula is C27H34N4O3. The molecular weight excluding hydrogens is 428 g/mol. The Kier molecular flexibility index (Phi) is 7.22. The molecule has 180 valence electrons. The zero-order chi connectivity index (χ0) is 24.1. The van der Waals surface area contributed by atoms with E-state index in [0.29, 0.717) is 11.5 Å². The molecule has 1 saturated heterocycles. The molecule has 3 aromatic rings. The number of carbonyl (C=O) groups is 1. The van der Waals surface area contributed by atoms with Gasteiger partial charge in [-0.15, -0.1) is 0 Å². The number of nitrogens with one attached hydrogen (secondary N) is 1. The monoisotopic (exact) mass is 462 g/mol. The Bertz CT molecular complexity index is 1100. The topological polar surface area (TPSA) is 68.6 Å². The van der Waals surface area contributed by atoms with Gasteiger partial charge < -0.3 is 14.8 Å². The number of nitrogens with zero attached hydrogens (tertiary/aromatic N) is 3. The van der Waals surface area contributed by atoms with Crippen LogP contribution in [0.3, 0.4) is 0 Å². The van der Waals surface area contributed by atoms with Crippen LogP contribution in [0.1, 0.15) is 32.3 Å². The summed E-state index contributed by atoms with van der Waals surface area (Å²) >= 11 is 0. The van der Waals surface area contributed by atoms with Crippen molar-refractivity contribution < 1.29 is 14.3 Å². The molecule has 0 unspecified atom stereocenters. The summed E-state index contributed by atoms with van der Waals surface area (Å²) in [6.45, 7) is 6.71. The molecule has 0 aliphatic carbocycles. The van der Waals surface area contributed by atoms with Crippen LogP contribution in [-0.2, 0) is 16.9 Å². The first kappa shape index (κ1) is 23.8. The van der Waals surface area contributed by atoms with E-state index < -0.39 is 5.54 Å². The number of likely N-dealkylation sites (tertiary alicyclic amines) is 1. The van der Waals surface area contributed by atoms with Gasteiger partial charge in [-0.25, -0.2) is 0 Å². The zero-order valence-electron chi connectivity index (χ0n) is 20.5. The van der Waals surface area contributed by atoms with Gasteiger partial charge in [-0.1, -0.05) is 36.4 Å². The van der Waals surface area contributed by atoms with Crippen molar-refractivity contribution in [3.05, 3.63) is 66.5 Å². The number of methoxy groups -OCH3 is 2. The molecule has 1 N–H and O–H groups in total. The first-order valence-electron chi connectivity index (χ1n) is 11.8. The maximum atomic E-state index is 13.2. The van der Waals surface area contributed by atoms with Crippen LogP contribution in [0.4, 0.5) is 0 Å². The summed E-state index contributed by atoms with van der Waals surface area (Å²) in [6.07, 6.45) is 5.58. The van der Waals surface area contributed by atoms with Gasteiger partial charge in [-0.05, 0) is 49.9 Å². The second-order valence-corrected chi connectivity index (χ2v) is 9.31. The van der Waals surface area contributed by atoms with Crippen molar-refractivity contribution >= 4 is 5.91 Å². The summed E-state index contributed by atoms with van der Waals surface area (Å²) in [5.41, 5.74) is 2.38. The third kappa shape index (κ3) is 5.25. The molecule has 4 rings (SSSR count). The fraction of sp³-hybridized carbons (Fsp3) is 0.407. The second kappa shape index (κ2) is 10.3. The lowest BCUT2D eigenvalue weighted by Crippen LogP contribution is -2.51. The van der Waals surface area contributed by atoms with E-state index in [-0.39, 0.29) is 11.9 Å². The van der Waals surface area contributed by atoms with Gasteiger partial charge >= 0.3 is 0 Å². The van der Waals surface area contributed by atoms with Crippen LogP contribution in [0.2, 0.25) is 0 Å². The van der Waals surface area contributed by atoms with E-state index in [1.165, 1.54) is 5.56 Å². The normalized spacial score (nSPS) is 15.2. The smallest absolute Gasteiger partial charge is 0.247 e. The Morgan fingerprint density at radius 3 is 2.41 bits per heavy atom. The third-order valence-electron chi connectivity index (χ3n) is 6.60. The minimum absolute atomic E-state index is 0.0176. The second-order valence-electron chi connectivity index (χ2n) is 9.31. The highest BCUT2D eigenvalue weighted by Crippen LogP contribution is 2.32. The highest BCUT2D eigenvalue weighted by molar-refractivity contribution is 5.84. The summed E-state index contributed by atoms with van der Waals surface area (Å²) in [6, 6.07) is 16.5. The SMILES string of the molecule is COc1ccc(-c2cnn(C(C)(C)C(=O)NC3CCN(Cc4ccccc4)CC3)c2)cc1OC. The number of rotatable bonds is 8. The average molecular weight is 463 g/mol. The van der Waals surface area contributed by atoms with Crippen molar-refractivity contribution in [1.29, 1.82) is 0 Å². The van der Waals surface area contributed by atoms with E-state index in [1.807, 2.05) is 44.3 Å². The summed E-state index contributed by atoms with van der Waals surface area (Å²) in [4.78, 5) is 15.7. The number of hydrogen-bond donors (Lipinski definition) is 1. The van der Waals surface area contributed by atoms with Crippen LogP contribution in [0, 0.1) is 0 Å². The van der Waals surface area contributed by atoms with Gasteiger partial charge in [0.05, 0.1) is 20.4 Å². The molecule has 7 heteroatoms. The number of benzene rings is 2. The molecule has 0 spiro atoms. The van der Waals surface area contributed by atoms with E-state index in [0.717, 1.165) is 43.6 Å². The zero-order valence-corrected chi connectivity index (χ0v) is 20.5. The molecule has 0 saturated carbocycles. The number of hydrogen-bond acceptors (Lipinski definition) is 5. The fourth-order valence-corrected chi connectivity index (χ4v) is 4.34. The van der Waals surface area contributed by atoms with E-state index in [1.54, 1.807) is 25.1 Å². The lowest BCUT2D eigenvalue weighted by Gasteiger charge is -2.34. The molecule has 0 atom stereocenters. The van der Waals surface area contributed by atoms with Crippen molar-refractivity contribution in [3.8, 4) is 22.6 Å². The number of amides is 1. The van der Waals surface area contributed by atoms with Crippen LogP contribution in [-0.4, -0.2) is 53.9 Å². The van der Waals surface area contributed by atoms with E-state index in [9.17, 15) is 4.79 Å². The molecule has 2 heterocycles. The van der Waals surface area contributed by atoms with Crippen LogP contribution in [0.5, 0.6) is 11.5 Å². The highest BCUT2D eigenvalue weighted by atomic mass is 16.5. The van der Waals surface area contributed by atoms with Crippen molar-refractivity contribution in [2.75, 3.05) is 27.3 Å². The molecule has 7 nitrogen and oxygen atoms in total. The van der Waals surface area contributed by atoms with Gasteiger partial charge in [0.1, 0.15) is 5.54 Å². The van der Waals surface area contributed by atoms with Gasteiger partial charge in [0.15, 0.2) is 11.5 Å². The van der Waals surface area contributed by atoms with Crippen LogP contribution >= 0.6 is 0 Å². The predicted molar refractivity (Wildman–Crippen MR) is 133 cm³/mol. The number of aromatic nitrogens is 2. The molecule has 1 aliphatic rings. The quantitative estimate of drug-likeness (QED) is 0.546. The highest BCUT2D eigenvalue weighted by Gasteiger charge is 2.33. The van der Waals surface area contributed by atoms with Crippen LogP contribution in [0.25, 0.3) is 11.1 Å². The van der Waals surface area contributed by atoms with Crippen LogP contribution in [0.15, 0.2) is 60.9 Å². The van der Waals surface area contributed by atoms with Crippen molar-refractivity contribution in [3.63, 3.8) is 0 Å². The van der Waals surface area contributed by atoms with Crippen molar-refractivity contribution in [2.45, 2.75) is 44.8 Å². The Balaban J connectivity index is 1.36. The molecule has 1 amide bonds. The molecule has 2 aromatic carbocycles. The molecule has 34 heavy (non-hydrogen) atoms. The summed E-state index contributed by atoms with van der Waals surface area (Å²) in [7, 11) is 3.23. The largest absolute Gasteiger partial charge is 0.493 e. The average Bonchev–Trinajstić information content (AvgIpc) is 3.37. The number of piperidine rings is 1. The molecule has 0 bridgehead atoms. The van der Waals surface area contributed by atoms with Gasteiger partial charge in [-0.3, -0.25) is 14.4 Å². The lowest BCUT2D eigenvalue weighted by atomic mass is 10.00. The minimum Gasteiger partial charge on any atom is -0.493 e. The van der Waals surface area contributed by atoms with E-state index in [4.69, 9.17) is 9.47 Å². The predicted octanol–water partition coefficient (Wildman–Crippen LogP) is 4.08. The Hall–Kier alpha value is -3.32. The minimum atomic E-state index is -0.810. The number of ether oxygens (including phenoxy) is 2. The van der Waals surface area contributed by atoms with Gasteiger partial charge in [0.25, 0.3) is 0 Å². The molecule has 1 fully saturated rings. The van der Waals surface area contributed by atoms with Crippen molar-refractivity contribution in [2.24, 2.45) is 0 Å². The van der Waals surface area contributed by atoms with Gasteiger partial charge in [0.2, 0.25) is 5.91 Å². The maximum Gasteiger partial charge on any atom is 0.247 e. The fourth-order valence-electron chi connectivity index (χ4n) is 4.34. The van der Waals surface area contributed by atoms with Gasteiger partial charge in [0, 0.05) is 37.4 Å². The third-order valence-corrected chi connectivity index (χ3v) is 6.60. The van der Waals surface area contributed by atoms with Crippen LogP contribution < -0.4 is 14.8 Å². The standard InChI is InChI=1S/C27H34N4O3/c1-27(2,31-19-22(17-28-31)21-10-11-24(33-3)25(16-21)34-4)26(32)29-23-12-14-30(15-13-23)18-20-8-6-5-7-9-20/h5-11,16-17,19,23H,12-15,18H2,1-4H3,(H,29,32). The Morgan fingerprint density at radius 1 is 1.03 bits per heavy atom. The van der Waals surface area contributed by atoms with E-state index in [2.05, 4.69) is 39.6 Å². The first-order chi connectivity index (χ1) is 16.4. The molecule has 1 aliphatic heterocycles. The van der Waals surface area contributed by atoms with Gasteiger partial charge in [-0.2, -0.15) is 5.10 Å². The lowest BCUT2D eigenvalue weighted by molar-refractivity contribution is -0.129. The summed E-state index contributed by atoms with van der Waals surface area (Å²) in [5.74, 6) is 1.31. The number of carbonyl (C=O) groups excluding carboxylic acids is 1. The summed E-state index contributed by atoms with van der Waals surface area (Å²) < 4.78 is 12.5. The Labute approximate surface area is 201 Å². The Morgan fingerprint density at radius 2 is 1.74 bits per heavy atom.